The maximum Gasteiger partial charge on any atom is 0.145 e. The van der Waals surface area contributed by atoms with Crippen molar-refractivity contribution in [3.8, 4) is 0 Å². The molecule has 10 heteroatoms. The second-order valence-electron chi connectivity index (χ2n) is 19.7. The van der Waals surface area contributed by atoms with E-state index >= 15 is 0 Å². The lowest BCUT2D eigenvalue weighted by Gasteiger charge is -2.71. The first-order chi connectivity index (χ1) is 29.7. The van der Waals surface area contributed by atoms with Crippen molar-refractivity contribution in [3.63, 3.8) is 0 Å². The highest BCUT2D eigenvalue weighted by Crippen LogP contribution is 2.80. The number of aliphatic hydroxyl groups is 5. The minimum absolute atomic E-state index is 0.0467. The summed E-state index contributed by atoms with van der Waals surface area (Å²) in [7, 11) is 3.63. The largest absolute Gasteiger partial charge is 0.396 e. The maximum atomic E-state index is 13.4. The maximum absolute atomic E-state index is 13.4. The summed E-state index contributed by atoms with van der Waals surface area (Å²) in [6.45, 7) is 12.6. The Labute approximate surface area is 371 Å². The molecule has 1 aromatic carbocycles. The van der Waals surface area contributed by atoms with Gasteiger partial charge in [0.2, 0.25) is 0 Å². The van der Waals surface area contributed by atoms with Crippen LogP contribution in [-0.2, 0) is 27.1 Å². The molecule has 2 spiro atoms. The van der Waals surface area contributed by atoms with Gasteiger partial charge in [-0.1, -0.05) is 78.4 Å². The van der Waals surface area contributed by atoms with Gasteiger partial charge < -0.3 is 45.6 Å². The Morgan fingerprint density at radius 1 is 1.13 bits per heavy atom. The minimum Gasteiger partial charge on any atom is -0.396 e. The van der Waals surface area contributed by atoms with Crippen LogP contribution < -0.4 is 10.6 Å². The van der Waals surface area contributed by atoms with Crippen LogP contribution in [0, 0.1) is 34.0 Å². The number of hydrogen-bond acceptors (Lipinski definition) is 10. The summed E-state index contributed by atoms with van der Waals surface area (Å²) in [6.07, 6.45) is 18.8. The Hall–Kier alpha value is -3.03. The number of aliphatic hydroxyl groups excluding tert-OH is 4. The van der Waals surface area contributed by atoms with Crippen LogP contribution in [0.4, 0.5) is 0 Å². The molecular formula is C52H76N2O8. The molecule has 0 radical (unpaired) electrons. The van der Waals surface area contributed by atoms with E-state index in [1.165, 1.54) is 16.7 Å². The number of allylic oxidation sites excluding steroid dienone is 9. The van der Waals surface area contributed by atoms with E-state index in [0.717, 1.165) is 55.2 Å². The van der Waals surface area contributed by atoms with E-state index < -0.39 is 40.7 Å². The summed E-state index contributed by atoms with van der Waals surface area (Å²) < 4.78 is 11.6. The van der Waals surface area contributed by atoms with Gasteiger partial charge in [0.15, 0.2) is 0 Å². The average molecular weight is 857 g/mol. The number of ether oxygens (including phenoxy) is 2. The minimum atomic E-state index is -1.27. The third-order valence-electron chi connectivity index (χ3n) is 16.0. The van der Waals surface area contributed by atoms with Crippen LogP contribution in [0.15, 0.2) is 95.2 Å². The zero-order chi connectivity index (χ0) is 44.8. The van der Waals surface area contributed by atoms with Crippen molar-refractivity contribution in [1.29, 1.82) is 0 Å². The summed E-state index contributed by atoms with van der Waals surface area (Å²) in [5.41, 5.74) is 3.47. The molecule has 0 aromatic heterocycles. The fourth-order valence-corrected chi connectivity index (χ4v) is 12.9. The molecule has 4 aliphatic carbocycles. The fraction of sp³-hybridized carbons (Fsp3) is 0.635. The number of benzene rings is 1. The predicted octanol–water partition coefficient (Wildman–Crippen LogP) is 5.88. The molecule has 10 nitrogen and oxygen atoms in total. The van der Waals surface area contributed by atoms with Gasteiger partial charge in [0.25, 0.3) is 0 Å². The van der Waals surface area contributed by atoms with E-state index in [1.807, 2.05) is 20.0 Å². The van der Waals surface area contributed by atoms with Gasteiger partial charge in [-0.15, -0.1) is 0 Å². The molecule has 7 N–H and O–H groups in total. The normalized spacial score (nSPS) is 36.9. The average Bonchev–Trinajstić information content (AvgIpc) is 3.47. The standard InChI is InChI=1S/C52H76N2O8/c1-36-13-14-41(28-39-10-8-11-40(27-39)29-48(4,54-31-36)23-26-61-6)37(2)9-7-12-44(34-62-35-45(58)33-57)49-18-20-51-43(17-25-55)16-15-42(46(51)38(3)32-56)30-50(60,22-24-53-5)52(51,21-19-49)47(49)59/h7-13,15-16,27,32,41-43,45,47,53-55,57-60H,2,14,17-26,28-31,33-35H2,1,3-6H3/b9-7+,36-13+,44-12-,46-38?/t41-,42-,43-,45+,47+,48-,49-,50+,51-,52+/m0/s1. The first kappa shape index (κ1) is 48.4. The topological polar surface area (TPSA) is 161 Å². The van der Waals surface area contributed by atoms with Crippen LogP contribution in [0.1, 0.15) is 89.7 Å². The Bertz CT molecular complexity index is 1900. The molecule has 1 heterocycles. The Morgan fingerprint density at radius 2 is 1.90 bits per heavy atom. The van der Waals surface area contributed by atoms with Crippen LogP contribution in [0.2, 0.25) is 0 Å². The van der Waals surface area contributed by atoms with E-state index in [4.69, 9.17) is 9.47 Å². The third kappa shape index (κ3) is 9.11. The van der Waals surface area contributed by atoms with Crippen LogP contribution in [0.3, 0.4) is 0 Å². The van der Waals surface area contributed by atoms with Crippen LogP contribution in [0.5, 0.6) is 0 Å². The van der Waals surface area contributed by atoms with Gasteiger partial charge in [-0.25, -0.2) is 0 Å². The molecule has 10 atom stereocenters. The Morgan fingerprint density at radius 3 is 2.63 bits per heavy atom. The zero-order valence-corrected chi connectivity index (χ0v) is 38.1. The first-order valence-corrected chi connectivity index (χ1v) is 23.1. The number of nitrogens with one attached hydrogen (secondary N) is 2. The van der Waals surface area contributed by atoms with Crippen molar-refractivity contribution in [3.05, 3.63) is 106 Å². The molecular weight excluding hydrogens is 781 g/mol. The molecule has 3 saturated carbocycles. The lowest BCUT2D eigenvalue weighted by atomic mass is 9.34. The first-order valence-electron chi connectivity index (χ1n) is 23.1. The van der Waals surface area contributed by atoms with Crippen molar-refractivity contribution in [2.24, 2.45) is 34.0 Å². The van der Waals surface area contributed by atoms with E-state index in [2.05, 4.69) is 85.7 Å². The summed E-state index contributed by atoms with van der Waals surface area (Å²) >= 11 is 0. The van der Waals surface area contributed by atoms with Gasteiger partial charge in [0.05, 0.1) is 31.5 Å². The van der Waals surface area contributed by atoms with Gasteiger partial charge in [-0.2, -0.15) is 0 Å². The summed E-state index contributed by atoms with van der Waals surface area (Å²) in [6, 6.07) is 8.89. The fourth-order valence-electron chi connectivity index (χ4n) is 12.9. The second kappa shape index (κ2) is 20.4. The highest BCUT2D eigenvalue weighted by Gasteiger charge is 2.79. The molecule has 0 amide bonds. The number of fused-ring (bicyclic) bond motifs is 4. The predicted molar refractivity (Wildman–Crippen MR) is 245 cm³/mol. The van der Waals surface area contributed by atoms with Crippen molar-refractivity contribution in [2.75, 3.05) is 60.3 Å². The number of carbonyl (C=O) groups excluding carboxylic acids is 1. The van der Waals surface area contributed by atoms with Crippen molar-refractivity contribution in [2.45, 2.75) is 115 Å². The lowest BCUT2D eigenvalue weighted by molar-refractivity contribution is -0.256. The summed E-state index contributed by atoms with van der Waals surface area (Å²) in [5, 5.41) is 64.1. The van der Waals surface area contributed by atoms with E-state index in [0.29, 0.717) is 63.7 Å². The molecule has 0 saturated heterocycles. The molecule has 62 heavy (non-hydrogen) atoms. The summed E-state index contributed by atoms with van der Waals surface area (Å²) in [4.78, 5) is 12.7. The van der Waals surface area contributed by atoms with E-state index in [9.17, 15) is 30.3 Å². The molecule has 0 unspecified atom stereocenters. The number of carbonyl (C=O) groups is 1. The molecule has 1 aliphatic heterocycles. The number of methoxy groups -OCH3 is 1. The highest BCUT2D eigenvalue weighted by atomic mass is 16.5. The highest BCUT2D eigenvalue weighted by molar-refractivity contribution is 5.75. The van der Waals surface area contributed by atoms with Crippen LogP contribution in [-0.4, -0.2) is 115 Å². The van der Waals surface area contributed by atoms with E-state index in [-0.39, 0.29) is 43.1 Å². The SMILES string of the molecule is C=C(/C=C/C=C(/COC[C@H](O)CO)[C@]12CC[C@@]3([C@@H]1O)[C@@](O)(CCNC)C[C@@H]1C=C[C@@H](CCO)[C@@]3(CC2)C1=C(C)C=O)[C@H]1C/C=C(\C)CN[C@@](C)(CCOC)Cc2cccc(c2)C1. The third-order valence-corrected chi connectivity index (χ3v) is 16.0. The smallest absolute Gasteiger partial charge is 0.145 e. The van der Waals surface area contributed by atoms with Gasteiger partial charge in [-0.05, 0) is 145 Å². The van der Waals surface area contributed by atoms with Crippen molar-refractivity contribution >= 4 is 6.29 Å². The van der Waals surface area contributed by atoms with Gasteiger partial charge in [-0.3, -0.25) is 4.79 Å². The molecule has 6 rings (SSSR count). The molecule has 1 aromatic rings. The number of aldehydes is 1. The van der Waals surface area contributed by atoms with Crippen molar-refractivity contribution < 1.29 is 39.8 Å². The molecule has 5 aliphatic rings. The van der Waals surface area contributed by atoms with Crippen molar-refractivity contribution in [1.82, 2.24) is 10.6 Å². The number of hydrogen-bond donors (Lipinski definition) is 7. The Balaban J connectivity index is 1.38. The van der Waals surface area contributed by atoms with Gasteiger partial charge in [0, 0.05) is 54.6 Å². The molecule has 3 fully saturated rings. The van der Waals surface area contributed by atoms with Crippen LogP contribution in [0.25, 0.3) is 0 Å². The lowest BCUT2D eigenvalue weighted by Crippen LogP contribution is -2.73. The second-order valence-corrected chi connectivity index (χ2v) is 19.7. The Kier molecular flexibility index (Phi) is 16.0. The zero-order valence-electron chi connectivity index (χ0n) is 38.1. The van der Waals surface area contributed by atoms with E-state index in [1.54, 1.807) is 7.11 Å². The summed E-state index contributed by atoms with van der Waals surface area (Å²) in [5.74, 6) is -0.180. The van der Waals surface area contributed by atoms with Gasteiger partial charge >= 0.3 is 0 Å². The molecule has 342 valence electrons. The monoisotopic (exact) mass is 857 g/mol. The van der Waals surface area contributed by atoms with Crippen LogP contribution >= 0.6 is 0 Å². The quantitative estimate of drug-likeness (QED) is 0.0411. The van der Waals surface area contributed by atoms with Gasteiger partial charge in [0.1, 0.15) is 12.4 Å². The number of rotatable bonds is 18. The molecule has 6 bridgehead atoms.